The van der Waals surface area contributed by atoms with Crippen LogP contribution in [0.4, 0.5) is 8.78 Å². The summed E-state index contributed by atoms with van der Waals surface area (Å²) in [6, 6.07) is 14.4. The number of alkyl halides is 2. The Balaban J connectivity index is 1.80. The van der Waals surface area contributed by atoms with E-state index in [1.807, 2.05) is 37.3 Å². The van der Waals surface area contributed by atoms with E-state index in [0.717, 1.165) is 29.5 Å². The molecule has 1 aromatic heterocycles. The highest BCUT2D eigenvalue weighted by molar-refractivity contribution is 5.89. The number of unbranched alkanes of at least 4 members (excludes halogenated alkanes) is 1. The van der Waals surface area contributed by atoms with Gasteiger partial charge in [0.15, 0.2) is 11.6 Å². The summed E-state index contributed by atoms with van der Waals surface area (Å²) in [7, 11) is 0. The third kappa shape index (κ3) is 5.78. The number of benzene rings is 2. The standard InChI is InChI=1S/C25H29F2N3O2/c1-3-5-10-22-28-24(25(26,27)15-4-2)30(29-22)17-19-13-11-18(12-14-19)16-20-8-6-7-9-21(20)23(31)32/h6-9,11-14H,3-5,10,15-17H2,1-2H3,(H,31,32). The first-order valence-electron chi connectivity index (χ1n) is 11.0. The highest BCUT2D eigenvalue weighted by Gasteiger charge is 2.36. The molecule has 0 spiro atoms. The SMILES string of the molecule is CCCCc1nc(C(F)(F)CCC)n(Cc2ccc(Cc3ccccc3C(=O)O)cc2)n1. The van der Waals surface area contributed by atoms with Gasteiger partial charge in [0.1, 0.15) is 0 Å². The zero-order valence-corrected chi connectivity index (χ0v) is 18.5. The topological polar surface area (TPSA) is 68.0 Å². The van der Waals surface area contributed by atoms with E-state index < -0.39 is 11.9 Å². The van der Waals surface area contributed by atoms with Crippen LogP contribution in [0.3, 0.4) is 0 Å². The molecule has 0 saturated heterocycles. The number of nitrogens with zero attached hydrogens (tertiary/aromatic N) is 3. The maximum absolute atomic E-state index is 14.7. The Bertz CT molecular complexity index is 1050. The van der Waals surface area contributed by atoms with Gasteiger partial charge in [-0.15, -0.1) is 0 Å². The molecule has 0 bridgehead atoms. The lowest BCUT2D eigenvalue weighted by Crippen LogP contribution is -2.21. The molecule has 1 heterocycles. The Morgan fingerprint density at radius 2 is 1.72 bits per heavy atom. The van der Waals surface area contributed by atoms with Crippen molar-refractivity contribution in [1.82, 2.24) is 14.8 Å². The average Bonchev–Trinajstić information content (AvgIpc) is 3.17. The van der Waals surface area contributed by atoms with Crippen LogP contribution in [0.5, 0.6) is 0 Å². The molecule has 0 amide bonds. The number of aromatic nitrogens is 3. The number of aryl methyl sites for hydroxylation is 1. The maximum atomic E-state index is 14.7. The van der Waals surface area contributed by atoms with Crippen molar-refractivity contribution in [3.8, 4) is 0 Å². The van der Waals surface area contributed by atoms with Crippen molar-refractivity contribution in [2.45, 2.75) is 64.8 Å². The molecule has 0 saturated carbocycles. The Hall–Kier alpha value is -3.09. The van der Waals surface area contributed by atoms with Crippen LogP contribution in [0.2, 0.25) is 0 Å². The van der Waals surface area contributed by atoms with Crippen LogP contribution in [-0.4, -0.2) is 25.8 Å². The number of aromatic carboxylic acids is 1. The van der Waals surface area contributed by atoms with Crippen LogP contribution < -0.4 is 0 Å². The Kier molecular flexibility index (Phi) is 7.72. The van der Waals surface area contributed by atoms with Gasteiger partial charge in [-0.25, -0.2) is 14.5 Å². The summed E-state index contributed by atoms with van der Waals surface area (Å²) in [6.45, 7) is 3.98. The van der Waals surface area contributed by atoms with Gasteiger partial charge in [-0.2, -0.15) is 13.9 Å². The number of carboxylic acids is 1. The zero-order valence-electron chi connectivity index (χ0n) is 18.5. The monoisotopic (exact) mass is 441 g/mol. The molecule has 1 N–H and O–H groups in total. The lowest BCUT2D eigenvalue weighted by molar-refractivity contribution is -0.0270. The van der Waals surface area contributed by atoms with Gasteiger partial charge >= 0.3 is 11.9 Å². The number of rotatable bonds is 11. The molecule has 0 fully saturated rings. The summed E-state index contributed by atoms with van der Waals surface area (Å²) in [5, 5.41) is 13.7. The van der Waals surface area contributed by atoms with E-state index in [1.165, 1.54) is 4.68 Å². The van der Waals surface area contributed by atoms with Crippen LogP contribution >= 0.6 is 0 Å². The summed E-state index contributed by atoms with van der Waals surface area (Å²) < 4.78 is 30.7. The average molecular weight is 442 g/mol. The summed E-state index contributed by atoms with van der Waals surface area (Å²) in [4.78, 5) is 15.6. The van der Waals surface area contributed by atoms with E-state index in [2.05, 4.69) is 10.1 Å². The van der Waals surface area contributed by atoms with Crippen LogP contribution in [-0.2, 0) is 25.3 Å². The van der Waals surface area contributed by atoms with Gasteiger partial charge in [-0.1, -0.05) is 62.7 Å². The second-order valence-electron chi connectivity index (χ2n) is 8.02. The van der Waals surface area contributed by atoms with Crippen LogP contribution in [0.15, 0.2) is 48.5 Å². The minimum atomic E-state index is -3.02. The molecule has 32 heavy (non-hydrogen) atoms. The first-order chi connectivity index (χ1) is 15.3. The van der Waals surface area contributed by atoms with Gasteiger partial charge in [0.05, 0.1) is 12.1 Å². The smallest absolute Gasteiger partial charge is 0.335 e. The molecule has 0 aliphatic rings. The number of carboxylic acid groups (broad SMARTS) is 1. The molecule has 0 aliphatic heterocycles. The Morgan fingerprint density at radius 1 is 1.03 bits per heavy atom. The molecule has 3 rings (SSSR count). The van der Waals surface area contributed by atoms with Crippen molar-refractivity contribution in [1.29, 1.82) is 0 Å². The van der Waals surface area contributed by atoms with Crippen molar-refractivity contribution < 1.29 is 18.7 Å². The van der Waals surface area contributed by atoms with Gasteiger partial charge in [-0.05, 0) is 42.0 Å². The van der Waals surface area contributed by atoms with E-state index in [0.29, 0.717) is 25.1 Å². The van der Waals surface area contributed by atoms with Crippen molar-refractivity contribution in [2.24, 2.45) is 0 Å². The summed E-state index contributed by atoms with van der Waals surface area (Å²) in [6.07, 6.45) is 2.96. The van der Waals surface area contributed by atoms with Crippen molar-refractivity contribution in [2.75, 3.05) is 0 Å². The molecule has 0 radical (unpaired) electrons. The second-order valence-corrected chi connectivity index (χ2v) is 8.02. The molecular weight excluding hydrogens is 412 g/mol. The number of hydrogen-bond donors (Lipinski definition) is 1. The second kappa shape index (κ2) is 10.5. The molecule has 0 atom stereocenters. The van der Waals surface area contributed by atoms with Gasteiger partial charge in [-0.3, -0.25) is 0 Å². The fraction of sp³-hybridized carbons (Fsp3) is 0.400. The van der Waals surface area contributed by atoms with Crippen molar-refractivity contribution >= 4 is 5.97 Å². The summed E-state index contributed by atoms with van der Waals surface area (Å²) in [5.41, 5.74) is 2.79. The highest BCUT2D eigenvalue weighted by atomic mass is 19.3. The van der Waals surface area contributed by atoms with Crippen LogP contribution in [0.1, 0.15) is 78.2 Å². The molecule has 7 heteroatoms. The predicted octanol–water partition coefficient (Wildman–Crippen LogP) is 5.85. The first kappa shape index (κ1) is 23.6. The molecule has 2 aromatic carbocycles. The van der Waals surface area contributed by atoms with Crippen molar-refractivity contribution in [3.63, 3.8) is 0 Å². The van der Waals surface area contributed by atoms with E-state index in [1.54, 1.807) is 25.1 Å². The maximum Gasteiger partial charge on any atom is 0.335 e. The quantitative estimate of drug-likeness (QED) is 0.405. The fourth-order valence-electron chi connectivity index (χ4n) is 3.67. The van der Waals surface area contributed by atoms with E-state index >= 15 is 0 Å². The van der Waals surface area contributed by atoms with Crippen LogP contribution in [0, 0.1) is 0 Å². The van der Waals surface area contributed by atoms with Gasteiger partial charge < -0.3 is 5.11 Å². The van der Waals surface area contributed by atoms with E-state index in [-0.39, 0.29) is 24.4 Å². The Morgan fingerprint density at radius 3 is 2.38 bits per heavy atom. The summed E-state index contributed by atoms with van der Waals surface area (Å²) in [5.74, 6) is -3.79. The third-order valence-corrected chi connectivity index (χ3v) is 5.36. The fourth-order valence-corrected chi connectivity index (χ4v) is 3.67. The number of hydrogen-bond acceptors (Lipinski definition) is 3. The zero-order chi connectivity index (χ0) is 23.1. The Labute approximate surface area is 187 Å². The van der Waals surface area contributed by atoms with E-state index in [4.69, 9.17) is 0 Å². The number of halogens is 2. The lowest BCUT2D eigenvalue weighted by atomic mass is 9.99. The molecular formula is C25H29F2N3O2. The summed E-state index contributed by atoms with van der Waals surface area (Å²) >= 11 is 0. The normalized spacial score (nSPS) is 11.6. The molecule has 0 unspecified atom stereocenters. The molecule has 0 aliphatic carbocycles. The highest BCUT2D eigenvalue weighted by Crippen LogP contribution is 2.32. The first-order valence-corrected chi connectivity index (χ1v) is 11.0. The van der Waals surface area contributed by atoms with Crippen LogP contribution in [0.25, 0.3) is 0 Å². The molecule has 3 aromatic rings. The molecule has 5 nitrogen and oxygen atoms in total. The van der Waals surface area contributed by atoms with Gasteiger partial charge in [0.2, 0.25) is 0 Å². The minimum absolute atomic E-state index is 0.208. The lowest BCUT2D eigenvalue weighted by Gasteiger charge is -2.15. The predicted molar refractivity (Wildman–Crippen MR) is 119 cm³/mol. The minimum Gasteiger partial charge on any atom is -0.478 e. The number of carbonyl (C=O) groups is 1. The largest absolute Gasteiger partial charge is 0.478 e. The van der Waals surface area contributed by atoms with Gasteiger partial charge in [0, 0.05) is 12.8 Å². The molecule has 170 valence electrons. The third-order valence-electron chi connectivity index (χ3n) is 5.36. The van der Waals surface area contributed by atoms with Gasteiger partial charge in [0.25, 0.3) is 0 Å². The van der Waals surface area contributed by atoms with E-state index in [9.17, 15) is 18.7 Å². The van der Waals surface area contributed by atoms with Crippen molar-refractivity contribution in [3.05, 3.63) is 82.4 Å².